The Bertz CT molecular complexity index is 430. The van der Waals surface area contributed by atoms with E-state index in [0.29, 0.717) is 25.7 Å². The molecule has 4 heteroatoms. The first kappa shape index (κ1) is 12.5. The van der Waals surface area contributed by atoms with Crippen LogP contribution in [0.15, 0.2) is 30.3 Å². The second kappa shape index (κ2) is 5.61. The van der Waals surface area contributed by atoms with Gasteiger partial charge >= 0.3 is 0 Å². The molecule has 0 spiro atoms. The Balaban J connectivity index is 1.49. The molecular formula is C15H19NO3. The van der Waals surface area contributed by atoms with Gasteiger partial charge in [0.15, 0.2) is 0 Å². The summed E-state index contributed by atoms with van der Waals surface area (Å²) in [6, 6.07) is 9.70. The molecule has 2 fully saturated rings. The molecule has 1 aliphatic heterocycles. The van der Waals surface area contributed by atoms with Gasteiger partial charge in [0.2, 0.25) is 5.91 Å². The molecule has 1 aromatic rings. The maximum Gasteiger partial charge on any atom is 0.225 e. The van der Waals surface area contributed by atoms with Crippen molar-refractivity contribution in [3.8, 4) is 5.75 Å². The standard InChI is InChI=1S/C15H19NO3/c17-15(12-6-7-12)16-8-9-18-14(10-16)11-19-13-4-2-1-3-5-13/h1-5,12,14H,6-11H2. The van der Waals surface area contributed by atoms with Gasteiger partial charge in [0.1, 0.15) is 18.5 Å². The molecule has 2 aliphatic rings. The minimum absolute atomic E-state index is 0.0170. The number of nitrogens with zero attached hydrogens (tertiary/aromatic N) is 1. The molecular weight excluding hydrogens is 242 g/mol. The molecule has 1 saturated heterocycles. The Morgan fingerprint density at radius 3 is 2.84 bits per heavy atom. The molecule has 1 aliphatic carbocycles. The van der Waals surface area contributed by atoms with Gasteiger partial charge in [-0.25, -0.2) is 0 Å². The predicted octanol–water partition coefficient (Wildman–Crippen LogP) is 1.70. The lowest BCUT2D eigenvalue weighted by Gasteiger charge is -2.33. The first-order valence-electron chi connectivity index (χ1n) is 6.91. The first-order chi connectivity index (χ1) is 9.33. The van der Waals surface area contributed by atoms with E-state index in [-0.39, 0.29) is 12.0 Å². The van der Waals surface area contributed by atoms with E-state index in [1.807, 2.05) is 35.2 Å². The van der Waals surface area contributed by atoms with E-state index in [1.165, 1.54) is 0 Å². The quantitative estimate of drug-likeness (QED) is 0.828. The smallest absolute Gasteiger partial charge is 0.225 e. The number of amides is 1. The lowest BCUT2D eigenvalue weighted by molar-refractivity contribution is -0.141. The summed E-state index contributed by atoms with van der Waals surface area (Å²) in [5.41, 5.74) is 0. The van der Waals surface area contributed by atoms with Crippen molar-refractivity contribution >= 4 is 5.91 Å². The molecule has 0 N–H and O–H groups in total. The van der Waals surface area contributed by atoms with Gasteiger partial charge in [-0.15, -0.1) is 0 Å². The van der Waals surface area contributed by atoms with Crippen LogP contribution in [0.2, 0.25) is 0 Å². The summed E-state index contributed by atoms with van der Waals surface area (Å²) in [5, 5.41) is 0. The van der Waals surface area contributed by atoms with E-state index in [1.54, 1.807) is 0 Å². The molecule has 102 valence electrons. The maximum absolute atomic E-state index is 12.0. The van der Waals surface area contributed by atoms with Crippen molar-refractivity contribution in [1.29, 1.82) is 0 Å². The van der Waals surface area contributed by atoms with Crippen LogP contribution in [0.5, 0.6) is 5.75 Å². The van der Waals surface area contributed by atoms with Crippen molar-refractivity contribution in [3.05, 3.63) is 30.3 Å². The largest absolute Gasteiger partial charge is 0.491 e. The van der Waals surface area contributed by atoms with Crippen LogP contribution in [-0.4, -0.2) is 43.2 Å². The minimum atomic E-state index is -0.0170. The molecule has 0 aromatic heterocycles. The summed E-state index contributed by atoms with van der Waals surface area (Å²) in [4.78, 5) is 13.9. The van der Waals surface area contributed by atoms with Gasteiger partial charge in [0.05, 0.1) is 13.2 Å². The highest BCUT2D eigenvalue weighted by molar-refractivity contribution is 5.81. The molecule has 0 radical (unpaired) electrons. The molecule has 19 heavy (non-hydrogen) atoms. The van der Waals surface area contributed by atoms with Crippen LogP contribution in [0, 0.1) is 5.92 Å². The Morgan fingerprint density at radius 2 is 2.11 bits per heavy atom. The molecule has 1 heterocycles. The monoisotopic (exact) mass is 261 g/mol. The number of ether oxygens (including phenoxy) is 2. The SMILES string of the molecule is O=C(C1CC1)N1CCOC(COc2ccccc2)C1. The third kappa shape index (κ3) is 3.26. The van der Waals surface area contributed by atoms with Crippen LogP contribution < -0.4 is 4.74 Å². The average molecular weight is 261 g/mol. The molecule has 1 unspecified atom stereocenters. The van der Waals surface area contributed by atoms with Gasteiger partial charge in [-0.2, -0.15) is 0 Å². The third-order valence-corrected chi connectivity index (χ3v) is 3.56. The Kier molecular flexibility index (Phi) is 3.69. The fourth-order valence-corrected chi connectivity index (χ4v) is 2.31. The van der Waals surface area contributed by atoms with Crippen LogP contribution in [0.4, 0.5) is 0 Å². The highest BCUT2D eigenvalue weighted by Gasteiger charge is 2.35. The molecule has 1 saturated carbocycles. The van der Waals surface area contributed by atoms with Crippen LogP contribution in [0.3, 0.4) is 0 Å². The van der Waals surface area contributed by atoms with E-state index < -0.39 is 0 Å². The zero-order chi connectivity index (χ0) is 13.1. The number of benzene rings is 1. The summed E-state index contributed by atoms with van der Waals surface area (Å²) >= 11 is 0. The van der Waals surface area contributed by atoms with E-state index in [4.69, 9.17) is 9.47 Å². The molecule has 1 aromatic carbocycles. The van der Waals surface area contributed by atoms with Crippen LogP contribution in [0.1, 0.15) is 12.8 Å². The van der Waals surface area contributed by atoms with Crippen LogP contribution >= 0.6 is 0 Å². The van der Waals surface area contributed by atoms with Crippen molar-refractivity contribution in [2.75, 3.05) is 26.3 Å². The zero-order valence-corrected chi connectivity index (χ0v) is 11.0. The number of carbonyl (C=O) groups is 1. The normalized spacial score (nSPS) is 23.2. The summed E-state index contributed by atoms with van der Waals surface area (Å²) in [6.07, 6.45) is 2.10. The molecule has 4 nitrogen and oxygen atoms in total. The second-order valence-electron chi connectivity index (χ2n) is 5.18. The van der Waals surface area contributed by atoms with Crippen LogP contribution in [0.25, 0.3) is 0 Å². The zero-order valence-electron chi connectivity index (χ0n) is 11.0. The molecule has 3 rings (SSSR count). The van der Waals surface area contributed by atoms with Crippen molar-refractivity contribution in [2.24, 2.45) is 5.92 Å². The van der Waals surface area contributed by atoms with Gasteiger partial charge in [-0.3, -0.25) is 4.79 Å². The first-order valence-corrected chi connectivity index (χ1v) is 6.91. The third-order valence-electron chi connectivity index (χ3n) is 3.56. The van der Waals surface area contributed by atoms with E-state index >= 15 is 0 Å². The number of rotatable bonds is 4. The lowest BCUT2D eigenvalue weighted by Crippen LogP contribution is -2.48. The number of para-hydroxylation sites is 1. The summed E-state index contributed by atoms with van der Waals surface area (Å²) in [7, 11) is 0. The topological polar surface area (TPSA) is 38.8 Å². The number of hydrogen-bond donors (Lipinski definition) is 0. The predicted molar refractivity (Wildman–Crippen MR) is 71.0 cm³/mol. The van der Waals surface area contributed by atoms with Crippen molar-refractivity contribution in [2.45, 2.75) is 18.9 Å². The number of morpholine rings is 1. The van der Waals surface area contributed by atoms with Gasteiger partial charge in [-0.05, 0) is 25.0 Å². The fourth-order valence-electron chi connectivity index (χ4n) is 2.31. The highest BCUT2D eigenvalue weighted by Crippen LogP contribution is 2.31. The highest BCUT2D eigenvalue weighted by atomic mass is 16.5. The van der Waals surface area contributed by atoms with Gasteiger partial charge < -0.3 is 14.4 Å². The molecule has 1 amide bonds. The molecule has 1 atom stereocenters. The average Bonchev–Trinajstić information content (AvgIpc) is 3.30. The van der Waals surface area contributed by atoms with Gasteiger partial charge in [0, 0.05) is 12.5 Å². The Labute approximate surface area is 113 Å². The van der Waals surface area contributed by atoms with Crippen molar-refractivity contribution < 1.29 is 14.3 Å². The summed E-state index contributed by atoms with van der Waals surface area (Å²) in [5.74, 6) is 1.43. The lowest BCUT2D eigenvalue weighted by atomic mass is 10.2. The number of carbonyl (C=O) groups excluding carboxylic acids is 1. The Morgan fingerprint density at radius 1 is 1.32 bits per heavy atom. The number of hydrogen-bond acceptors (Lipinski definition) is 3. The van der Waals surface area contributed by atoms with E-state index in [0.717, 1.165) is 25.1 Å². The molecule has 0 bridgehead atoms. The second-order valence-corrected chi connectivity index (χ2v) is 5.18. The van der Waals surface area contributed by atoms with E-state index in [9.17, 15) is 4.79 Å². The maximum atomic E-state index is 12.0. The minimum Gasteiger partial charge on any atom is -0.491 e. The van der Waals surface area contributed by atoms with Gasteiger partial charge in [-0.1, -0.05) is 18.2 Å². The van der Waals surface area contributed by atoms with Crippen LogP contribution in [-0.2, 0) is 9.53 Å². The van der Waals surface area contributed by atoms with Gasteiger partial charge in [0.25, 0.3) is 0 Å². The van der Waals surface area contributed by atoms with E-state index in [2.05, 4.69) is 0 Å². The van der Waals surface area contributed by atoms with Crippen molar-refractivity contribution in [1.82, 2.24) is 4.90 Å². The fraction of sp³-hybridized carbons (Fsp3) is 0.533. The summed E-state index contributed by atoms with van der Waals surface area (Å²) < 4.78 is 11.3. The summed E-state index contributed by atoms with van der Waals surface area (Å²) in [6.45, 7) is 2.49. The Hall–Kier alpha value is -1.55. The van der Waals surface area contributed by atoms with Crippen molar-refractivity contribution in [3.63, 3.8) is 0 Å².